The van der Waals surface area contributed by atoms with E-state index in [0.29, 0.717) is 6.42 Å². The molecule has 100 valence electrons. The Morgan fingerprint density at radius 1 is 1.33 bits per heavy atom. The highest BCUT2D eigenvalue weighted by molar-refractivity contribution is 14.1. The van der Waals surface area contributed by atoms with Crippen LogP contribution in [0.25, 0.3) is 0 Å². The summed E-state index contributed by atoms with van der Waals surface area (Å²) in [5.74, 6) is -0.344. The van der Waals surface area contributed by atoms with Gasteiger partial charge in [0.05, 0.1) is 12.0 Å². The number of methoxy groups -OCH3 is 1. The first-order valence-electron chi connectivity index (χ1n) is 5.28. The summed E-state index contributed by atoms with van der Waals surface area (Å²) in [7, 11) is -2.18. The minimum atomic E-state index is -3.49. The van der Waals surface area contributed by atoms with Crippen molar-refractivity contribution in [2.75, 3.05) is 13.7 Å². The fraction of sp³-hybridized carbons (Fsp3) is 0.364. The van der Waals surface area contributed by atoms with Crippen LogP contribution in [0.5, 0.6) is 0 Å². The van der Waals surface area contributed by atoms with E-state index >= 15 is 0 Å². The number of esters is 1. The van der Waals surface area contributed by atoms with Crippen LogP contribution >= 0.6 is 22.6 Å². The van der Waals surface area contributed by atoms with Crippen LogP contribution in [0.2, 0.25) is 0 Å². The monoisotopic (exact) mass is 383 g/mol. The lowest BCUT2D eigenvalue weighted by Gasteiger charge is -2.06. The molecule has 0 aliphatic heterocycles. The highest BCUT2D eigenvalue weighted by Crippen LogP contribution is 2.11. The Labute approximate surface area is 120 Å². The van der Waals surface area contributed by atoms with Crippen LogP contribution in [-0.2, 0) is 19.6 Å². The Hall–Kier alpha value is -0.670. The van der Waals surface area contributed by atoms with Crippen LogP contribution in [0.15, 0.2) is 29.2 Å². The van der Waals surface area contributed by atoms with Gasteiger partial charge in [-0.05, 0) is 53.3 Å². The van der Waals surface area contributed by atoms with Crippen molar-refractivity contribution in [2.45, 2.75) is 17.7 Å². The smallest absolute Gasteiger partial charge is 0.305 e. The predicted octanol–water partition coefficient (Wildman–Crippen LogP) is 1.52. The average molecular weight is 383 g/mol. The normalized spacial score (nSPS) is 11.2. The zero-order chi connectivity index (χ0) is 13.6. The summed E-state index contributed by atoms with van der Waals surface area (Å²) in [5, 5.41) is 0. The third-order valence-corrected chi connectivity index (χ3v) is 4.40. The van der Waals surface area contributed by atoms with Gasteiger partial charge in [0.2, 0.25) is 10.0 Å². The molecular formula is C11H14INO4S. The van der Waals surface area contributed by atoms with Gasteiger partial charge in [-0.2, -0.15) is 0 Å². The first-order chi connectivity index (χ1) is 8.45. The number of nitrogens with one attached hydrogen (secondary N) is 1. The molecule has 0 aliphatic carbocycles. The predicted molar refractivity (Wildman–Crippen MR) is 75.6 cm³/mol. The Morgan fingerprint density at radius 3 is 2.50 bits per heavy atom. The van der Waals surface area contributed by atoms with Crippen molar-refractivity contribution in [3.63, 3.8) is 0 Å². The molecule has 0 saturated heterocycles. The van der Waals surface area contributed by atoms with Gasteiger partial charge in [-0.25, -0.2) is 13.1 Å². The van der Waals surface area contributed by atoms with Gasteiger partial charge in [0.1, 0.15) is 0 Å². The van der Waals surface area contributed by atoms with Crippen LogP contribution in [0.3, 0.4) is 0 Å². The molecule has 0 radical (unpaired) electrons. The fourth-order valence-electron chi connectivity index (χ4n) is 1.24. The molecule has 1 aromatic carbocycles. The van der Waals surface area contributed by atoms with Crippen LogP contribution in [-0.4, -0.2) is 28.0 Å². The molecule has 1 N–H and O–H groups in total. The molecular weight excluding hydrogens is 369 g/mol. The van der Waals surface area contributed by atoms with Crippen molar-refractivity contribution in [3.05, 3.63) is 27.8 Å². The van der Waals surface area contributed by atoms with Gasteiger partial charge in [-0.3, -0.25) is 4.79 Å². The van der Waals surface area contributed by atoms with Crippen LogP contribution in [0.4, 0.5) is 0 Å². The fourth-order valence-corrected chi connectivity index (χ4v) is 2.67. The van der Waals surface area contributed by atoms with Crippen molar-refractivity contribution < 1.29 is 17.9 Å². The Balaban J connectivity index is 2.50. The van der Waals surface area contributed by atoms with Crippen molar-refractivity contribution in [2.24, 2.45) is 0 Å². The molecule has 0 heterocycles. The second-order valence-electron chi connectivity index (χ2n) is 3.53. The molecule has 0 aromatic heterocycles. The van der Waals surface area contributed by atoms with E-state index in [9.17, 15) is 13.2 Å². The number of rotatable bonds is 6. The number of carbonyl (C=O) groups excluding carboxylic acids is 1. The van der Waals surface area contributed by atoms with Gasteiger partial charge in [-0.15, -0.1) is 0 Å². The maximum atomic E-state index is 11.8. The first-order valence-corrected chi connectivity index (χ1v) is 7.84. The standard InChI is InChI=1S/C11H14INO4S/c1-17-11(14)3-2-8-13-18(15,16)10-6-4-9(12)5-7-10/h4-7,13H,2-3,8H2,1H3. The van der Waals surface area contributed by atoms with Gasteiger partial charge in [-0.1, -0.05) is 0 Å². The summed E-state index contributed by atoms with van der Waals surface area (Å²) >= 11 is 2.10. The van der Waals surface area contributed by atoms with Gasteiger partial charge in [0.15, 0.2) is 0 Å². The van der Waals surface area contributed by atoms with Crippen LogP contribution in [0.1, 0.15) is 12.8 Å². The van der Waals surface area contributed by atoms with Gasteiger partial charge in [0, 0.05) is 16.5 Å². The summed E-state index contributed by atoms with van der Waals surface area (Å²) in [5.41, 5.74) is 0. The van der Waals surface area contributed by atoms with Crippen molar-refractivity contribution in [3.8, 4) is 0 Å². The molecule has 0 aliphatic rings. The molecule has 5 nitrogen and oxygen atoms in total. The molecule has 1 aromatic rings. The van der Waals surface area contributed by atoms with E-state index in [-0.39, 0.29) is 23.8 Å². The lowest BCUT2D eigenvalue weighted by Crippen LogP contribution is -2.25. The van der Waals surface area contributed by atoms with E-state index in [1.54, 1.807) is 24.3 Å². The molecule has 7 heteroatoms. The van der Waals surface area contributed by atoms with E-state index in [2.05, 4.69) is 32.0 Å². The molecule has 18 heavy (non-hydrogen) atoms. The van der Waals surface area contributed by atoms with E-state index in [1.807, 2.05) is 0 Å². The van der Waals surface area contributed by atoms with Crippen molar-refractivity contribution >= 4 is 38.6 Å². The lowest BCUT2D eigenvalue weighted by molar-refractivity contribution is -0.140. The third-order valence-electron chi connectivity index (χ3n) is 2.20. The second kappa shape index (κ2) is 7.05. The largest absolute Gasteiger partial charge is 0.469 e. The molecule has 1 rings (SSSR count). The van der Waals surface area contributed by atoms with E-state index in [4.69, 9.17) is 0 Å². The minimum Gasteiger partial charge on any atom is -0.469 e. The van der Waals surface area contributed by atoms with Crippen LogP contribution < -0.4 is 4.72 Å². The highest BCUT2D eigenvalue weighted by Gasteiger charge is 2.13. The van der Waals surface area contributed by atoms with Gasteiger partial charge in [0.25, 0.3) is 0 Å². The molecule has 0 fully saturated rings. The zero-order valence-corrected chi connectivity index (χ0v) is 12.8. The summed E-state index contributed by atoms with van der Waals surface area (Å²) in [6, 6.07) is 6.54. The summed E-state index contributed by atoms with van der Waals surface area (Å²) in [6.07, 6.45) is 0.613. The van der Waals surface area contributed by atoms with Gasteiger partial charge < -0.3 is 4.74 Å². The average Bonchev–Trinajstić information content (AvgIpc) is 2.35. The van der Waals surface area contributed by atoms with Crippen molar-refractivity contribution in [1.82, 2.24) is 4.72 Å². The number of sulfonamides is 1. The maximum Gasteiger partial charge on any atom is 0.305 e. The summed E-state index contributed by atoms with van der Waals surface area (Å²) in [6.45, 7) is 0.212. The highest BCUT2D eigenvalue weighted by atomic mass is 127. The minimum absolute atomic E-state index is 0.200. The molecule has 0 spiro atoms. The molecule has 0 atom stereocenters. The third kappa shape index (κ3) is 4.91. The van der Waals surface area contributed by atoms with Crippen LogP contribution in [0, 0.1) is 3.57 Å². The number of carbonyl (C=O) groups is 1. The first kappa shape index (κ1) is 15.4. The zero-order valence-electron chi connectivity index (χ0n) is 9.85. The number of hydrogen-bond donors (Lipinski definition) is 1. The number of ether oxygens (including phenoxy) is 1. The molecule has 0 bridgehead atoms. The lowest BCUT2D eigenvalue weighted by atomic mass is 10.3. The van der Waals surface area contributed by atoms with E-state index in [1.165, 1.54) is 7.11 Å². The summed E-state index contributed by atoms with van der Waals surface area (Å²) in [4.78, 5) is 11.1. The Bertz CT molecular complexity index is 498. The SMILES string of the molecule is COC(=O)CCCNS(=O)(=O)c1ccc(I)cc1. The molecule has 0 unspecified atom stereocenters. The molecule has 0 amide bonds. The van der Waals surface area contributed by atoms with E-state index < -0.39 is 10.0 Å². The number of hydrogen-bond acceptors (Lipinski definition) is 4. The maximum absolute atomic E-state index is 11.8. The van der Waals surface area contributed by atoms with Crippen molar-refractivity contribution in [1.29, 1.82) is 0 Å². The van der Waals surface area contributed by atoms with E-state index in [0.717, 1.165) is 3.57 Å². The second-order valence-corrected chi connectivity index (χ2v) is 6.54. The van der Waals surface area contributed by atoms with Gasteiger partial charge >= 0.3 is 5.97 Å². The quantitative estimate of drug-likeness (QED) is 0.460. The number of halogens is 1. The molecule has 0 saturated carbocycles. The summed E-state index contributed by atoms with van der Waals surface area (Å²) < 4.78 is 31.5. The number of benzene rings is 1. The topological polar surface area (TPSA) is 72.5 Å². The Kier molecular flexibility index (Phi) is 6.03. The Morgan fingerprint density at radius 2 is 1.94 bits per heavy atom.